The maximum atomic E-state index is 11.6. The van der Waals surface area contributed by atoms with Gasteiger partial charge in [0.15, 0.2) is 0 Å². The Kier molecular flexibility index (Phi) is 4.32. The molecular weight excluding hydrogens is 206 g/mol. The Morgan fingerprint density at radius 1 is 1.25 bits per heavy atom. The van der Waals surface area contributed by atoms with Gasteiger partial charge < -0.3 is 16.8 Å². The molecule has 5 N–H and O–H groups in total. The Bertz CT molecular complexity index is 391. The fraction of sp³-hybridized carbons (Fsp3) is 0.273. The molecule has 0 aromatic heterocycles. The highest BCUT2D eigenvalue weighted by molar-refractivity contribution is 5.99. The Hall–Kier alpha value is -2.04. The van der Waals surface area contributed by atoms with Crippen LogP contribution in [0.2, 0.25) is 0 Å². The number of amides is 2. The molecule has 1 aromatic carbocycles. The molecule has 1 aromatic rings. The molecular formula is C11H15N3O2. The van der Waals surface area contributed by atoms with Crippen LogP contribution < -0.4 is 16.8 Å². The summed E-state index contributed by atoms with van der Waals surface area (Å²) in [6, 6.07) is 6.82. The van der Waals surface area contributed by atoms with Gasteiger partial charge in [0, 0.05) is 18.7 Å². The van der Waals surface area contributed by atoms with Crippen molar-refractivity contribution in [2.75, 3.05) is 12.3 Å². The molecule has 0 atom stereocenters. The second kappa shape index (κ2) is 5.75. The summed E-state index contributed by atoms with van der Waals surface area (Å²) in [4.78, 5) is 22.1. The molecule has 5 heteroatoms. The van der Waals surface area contributed by atoms with Crippen molar-refractivity contribution in [3.8, 4) is 0 Å². The lowest BCUT2D eigenvalue weighted by Gasteiger charge is -2.06. The Morgan fingerprint density at radius 3 is 2.56 bits per heavy atom. The molecule has 0 radical (unpaired) electrons. The van der Waals surface area contributed by atoms with Gasteiger partial charge in [0.05, 0.1) is 5.56 Å². The minimum Gasteiger partial charge on any atom is -0.398 e. The topological polar surface area (TPSA) is 98.2 Å². The molecule has 86 valence electrons. The van der Waals surface area contributed by atoms with Crippen LogP contribution in [0.25, 0.3) is 0 Å². The zero-order valence-corrected chi connectivity index (χ0v) is 8.90. The van der Waals surface area contributed by atoms with Gasteiger partial charge in [-0.2, -0.15) is 0 Å². The summed E-state index contributed by atoms with van der Waals surface area (Å²) < 4.78 is 0. The molecule has 2 amide bonds. The third kappa shape index (κ3) is 3.61. The quantitative estimate of drug-likeness (QED) is 0.491. The summed E-state index contributed by atoms with van der Waals surface area (Å²) in [5, 5.41) is 2.67. The summed E-state index contributed by atoms with van der Waals surface area (Å²) in [6.07, 6.45) is 0.804. The predicted octanol–water partition coefficient (Wildman–Crippen LogP) is 0.264. The van der Waals surface area contributed by atoms with E-state index in [1.807, 2.05) is 0 Å². The van der Waals surface area contributed by atoms with Crippen LogP contribution in [-0.4, -0.2) is 18.4 Å². The van der Waals surface area contributed by atoms with Crippen LogP contribution in [0.3, 0.4) is 0 Å². The normalized spacial score (nSPS) is 9.75. The van der Waals surface area contributed by atoms with Crippen molar-refractivity contribution >= 4 is 17.5 Å². The van der Waals surface area contributed by atoms with Crippen molar-refractivity contribution in [1.29, 1.82) is 0 Å². The molecule has 5 nitrogen and oxygen atoms in total. The number of anilines is 1. The van der Waals surface area contributed by atoms with E-state index in [0.717, 1.165) is 0 Å². The van der Waals surface area contributed by atoms with Crippen LogP contribution in [0.15, 0.2) is 24.3 Å². The monoisotopic (exact) mass is 221 g/mol. The zero-order chi connectivity index (χ0) is 12.0. The highest BCUT2D eigenvalue weighted by atomic mass is 16.2. The third-order valence-corrected chi connectivity index (χ3v) is 2.09. The SMILES string of the molecule is NC(=O)CCCNC(=O)c1ccccc1N. The van der Waals surface area contributed by atoms with E-state index in [-0.39, 0.29) is 18.2 Å². The molecule has 0 unspecified atom stereocenters. The molecule has 0 heterocycles. The van der Waals surface area contributed by atoms with Crippen LogP contribution in [-0.2, 0) is 4.79 Å². The fourth-order valence-corrected chi connectivity index (χ4v) is 1.26. The Balaban J connectivity index is 2.41. The molecule has 0 aliphatic rings. The number of rotatable bonds is 5. The molecule has 0 bridgehead atoms. The van der Waals surface area contributed by atoms with Crippen LogP contribution in [0.1, 0.15) is 23.2 Å². The van der Waals surface area contributed by atoms with Gasteiger partial charge in [-0.15, -0.1) is 0 Å². The number of hydrogen-bond donors (Lipinski definition) is 3. The second-order valence-corrected chi connectivity index (χ2v) is 3.41. The first-order chi connectivity index (χ1) is 7.61. The smallest absolute Gasteiger partial charge is 0.253 e. The molecule has 16 heavy (non-hydrogen) atoms. The van der Waals surface area contributed by atoms with Crippen molar-refractivity contribution in [2.24, 2.45) is 5.73 Å². The average molecular weight is 221 g/mol. The van der Waals surface area contributed by atoms with E-state index in [9.17, 15) is 9.59 Å². The van der Waals surface area contributed by atoms with Crippen molar-refractivity contribution in [3.63, 3.8) is 0 Å². The maximum Gasteiger partial charge on any atom is 0.253 e. The van der Waals surface area contributed by atoms with Crippen LogP contribution in [0.4, 0.5) is 5.69 Å². The summed E-state index contributed by atoms with van der Waals surface area (Å²) in [7, 11) is 0. The van der Waals surface area contributed by atoms with Gasteiger partial charge in [-0.05, 0) is 18.6 Å². The molecule has 0 spiro atoms. The molecule has 0 aliphatic heterocycles. The van der Waals surface area contributed by atoms with E-state index < -0.39 is 0 Å². The van der Waals surface area contributed by atoms with Gasteiger partial charge >= 0.3 is 0 Å². The van der Waals surface area contributed by atoms with Crippen molar-refractivity contribution in [3.05, 3.63) is 29.8 Å². The highest BCUT2D eigenvalue weighted by Gasteiger charge is 2.07. The number of nitrogens with one attached hydrogen (secondary N) is 1. The van der Waals surface area contributed by atoms with Gasteiger partial charge in [0.2, 0.25) is 5.91 Å². The first-order valence-corrected chi connectivity index (χ1v) is 5.02. The predicted molar refractivity (Wildman–Crippen MR) is 61.6 cm³/mol. The molecule has 0 saturated heterocycles. The van der Waals surface area contributed by atoms with E-state index >= 15 is 0 Å². The third-order valence-electron chi connectivity index (χ3n) is 2.09. The standard InChI is InChI=1S/C11H15N3O2/c12-9-5-2-1-4-8(9)11(16)14-7-3-6-10(13)15/h1-2,4-5H,3,6-7,12H2,(H2,13,15)(H,14,16). The summed E-state index contributed by atoms with van der Waals surface area (Å²) in [6.45, 7) is 0.413. The average Bonchev–Trinajstić information content (AvgIpc) is 2.24. The number of carbonyl (C=O) groups is 2. The first kappa shape index (κ1) is 12.0. The molecule has 0 fully saturated rings. The second-order valence-electron chi connectivity index (χ2n) is 3.41. The largest absolute Gasteiger partial charge is 0.398 e. The van der Waals surface area contributed by atoms with Crippen LogP contribution in [0, 0.1) is 0 Å². The number of nitrogen functional groups attached to an aromatic ring is 1. The molecule has 0 saturated carbocycles. The van der Waals surface area contributed by atoms with Gasteiger partial charge in [-0.3, -0.25) is 9.59 Å². The number of carbonyl (C=O) groups excluding carboxylic acids is 2. The van der Waals surface area contributed by atoms with E-state index in [4.69, 9.17) is 11.5 Å². The Morgan fingerprint density at radius 2 is 1.94 bits per heavy atom. The van der Waals surface area contributed by atoms with E-state index in [1.54, 1.807) is 24.3 Å². The van der Waals surface area contributed by atoms with Crippen LogP contribution in [0.5, 0.6) is 0 Å². The first-order valence-electron chi connectivity index (χ1n) is 5.02. The van der Waals surface area contributed by atoms with Crippen molar-refractivity contribution in [2.45, 2.75) is 12.8 Å². The maximum absolute atomic E-state index is 11.6. The minimum atomic E-state index is -0.367. The van der Waals surface area contributed by atoms with Gasteiger partial charge in [0.1, 0.15) is 0 Å². The minimum absolute atomic E-state index is 0.234. The number of hydrogen-bond acceptors (Lipinski definition) is 3. The highest BCUT2D eigenvalue weighted by Crippen LogP contribution is 2.09. The summed E-state index contributed by atoms with van der Waals surface area (Å²) in [5.41, 5.74) is 11.5. The zero-order valence-electron chi connectivity index (χ0n) is 8.90. The molecule has 1 rings (SSSR count). The summed E-state index contributed by atoms with van der Waals surface area (Å²) >= 11 is 0. The lowest BCUT2D eigenvalue weighted by atomic mass is 10.1. The van der Waals surface area contributed by atoms with Gasteiger partial charge in [-0.25, -0.2) is 0 Å². The number of nitrogens with two attached hydrogens (primary N) is 2. The van der Waals surface area contributed by atoms with Gasteiger partial charge in [0.25, 0.3) is 5.91 Å². The van der Waals surface area contributed by atoms with E-state index in [2.05, 4.69) is 5.32 Å². The Labute approximate surface area is 93.8 Å². The number of benzene rings is 1. The van der Waals surface area contributed by atoms with Crippen LogP contribution >= 0.6 is 0 Å². The number of primary amides is 1. The lowest BCUT2D eigenvalue weighted by molar-refractivity contribution is -0.118. The summed E-state index contributed by atoms with van der Waals surface area (Å²) in [5.74, 6) is -0.601. The number of para-hydroxylation sites is 1. The van der Waals surface area contributed by atoms with Gasteiger partial charge in [-0.1, -0.05) is 12.1 Å². The van der Waals surface area contributed by atoms with E-state index in [1.165, 1.54) is 0 Å². The van der Waals surface area contributed by atoms with Crippen molar-refractivity contribution < 1.29 is 9.59 Å². The lowest BCUT2D eigenvalue weighted by Crippen LogP contribution is -2.26. The van der Waals surface area contributed by atoms with E-state index in [0.29, 0.717) is 24.2 Å². The molecule has 0 aliphatic carbocycles. The van der Waals surface area contributed by atoms with Crippen molar-refractivity contribution in [1.82, 2.24) is 5.32 Å². The fourth-order valence-electron chi connectivity index (χ4n) is 1.26.